The van der Waals surface area contributed by atoms with Crippen LogP contribution in [0.2, 0.25) is 0 Å². The Morgan fingerprint density at radius 1 is 1.21 bits per heavy atom. The van der Waals surface area contributed by atoms with Gasteiger partial charge in [-0.1, -0.05) is 39.4 Å². The maximum atomic E-state index is 13.4. The van der Waals surface area contributed by atoms with Crippen molar-refractivity contribution >= 4 is 49.3 Å². The molecule has 1 atom stereocenters. The zero-order chi connectivity index (χ0) is 20.1. The molecule has 0 N–H and O–H groups in total. The molecule has 1 unspecified atom stereocenters. The van der Waals surface area contributed by atoms with Crippen LogP contribution in [0.15, 0.2) is 61.7 Å². The maximum Gasteiger partial charge on any atom is 0.297 e. The quantitative estimate of drug-likeness (QED) is 0.447. The lowest BCUT2D eigenvalue weighted by Crippen LogP contribution is -2.29. The standard InChI is InChI=1S/C20H12BrN3O4S/c1-27-12-4-2-3-10(7-12)16-15-17(25)13-8-11(21)5-6-14(13)28-18(15)19(26)24(16)20-23-22-9-29-20/h2-9,16H,1H3. The molecule has 144 valence electrons. The Morgan fingerprint density at radius 3 is 2.83 bits per heavy atom. The Hall–Kier alpha value is -3.04. The van der Waals surface area contributed by atoms with Crippen molar-refractivity contribution in [3.63, 3.8) is 0 Å². The summed E-state index contributed by atoms with van der Waals surface area (Å²) in [5.74, 6) is 0.216. The minimum absolute atomic E-state index is 0.0212. The molecule has 5 rings (SSSR count). The zero-order valence-electron chi connectivity index (χ0n) is 15.0. The molecule has 0 bridgehead atoms. The van der Waals surface area contributed by atoms with Gasteiger partial charge in [-0.3, -0.25) is 14.5 Å². The Morgan fingerprint density at radius 2 is 2.07 bits per heavy atom. The molecule has 29 heavy (non-hydrogen) atoms. The van der Waals surface area contributed by atoms with E-state index < -0.39 is 11.9 Å². The van der Waals surface area contributed by atoms with Gasteiger partial charge in [-0.15, -0.1) is 10.2 Å². The van der Waals surface area contributed by atoms with Gasteiger partial charge >= 0.3 is 0 Å². The van der Waals surface area contributed by atoms with Crippen molar-refractivity contribution < 1.29 is 13.9 Å². The van der Waals surface area contributed by atoms with Crippen molar-refractivity contribution in [2.75, 3.05) is 12.0 Å². The highest BCUT2D eigenvalue weighted by atomic mass is 79.9. The van der Waals surface area contributed by atoms with E-state index >= 15 is 0 Å². The van der Waals surface area contributed by atoms with Gasteiger partial charge in [0, 0.05) is 4.47 Å². The third-order valence-corrected chi connectivity index (χ3v) is 5.98. The van der Waals surface area contributed by atoms with Gasteiger partial charge in [0.2, 0.25) is 10.9 Å². The lowest BCUT2D eigenvalue weighted by Gasteiger charge is -2.22. The SMILES string of the molecule is COc1cccc(C2c3c(oc4ccc(Br)cc4c3=O)C(=O)N2c2nncs2)c1. The third kappa shape index (κ3) is 2.77. The summed E-state index contributed by atoms with van der Waals surface area (Å²) in [6.07, 6.45) is 0. The number of anilines is 1. The summed E-state index contributed by atoms with van der Waals surface area (Å²) >= 11 is 4.61. The minimum Gasteiger partial charge on any atom is -0.497 e. The van der Waals surface area contributed by atoms with Crippen LogP contribution in [-0.2, 0) is 0 Å². The summed E-state index contributed by atoms with van der Waals surface area (Å²) in [5.41, 5.74) is 2.64. The largest absolute Gasteiger partial charge is 0.497 e. The number of aromatic nitrogens is 2. The predicted octanol–water partition coefficient (Wildman–Crippen LogP) is 4.17. The van der Waals surface area contributed by atoms with Gasteiger partial charge in [-0.05, 0) is 35.9 Å². The Bertz CT molecular complexity index is 1320. The molecule has 3 heterocycles. The van der Waals surface area contributed by atoms with Crippen molar-refractivity contribution in [2.45, 2.75) is 6.04 Å². The molecule has 1 aliphatic heterocycles. The third-order valence-electron chi connectivity index (χ3n) is 4.80. The minimum atomic E-state index is -0.694. The summed E-state index contributed by atoms with van der Waals surface area (Å²) in [4.78, 5) is 28.2. The first-order valence-corrected chi connectivity index (χ1v) is 10.3. The van der Waals surface area contributed by atoms with Gasteiger partial charge in [0.15, 0.2) is 5.43 Å². The highest BCUT2D eigenvalue weighted by molar-refractivity contribution is 9.10. The van der Waals surface area contributed by atoms with Gasteiger partial charge in [0.1, 0.15) is 16.8 Å². The lowest BCUT2D eigenvalue weighted by molar-refractivity contribution is 0.0970. The fourth-order valence-corrected chi connectivity index (χ4v) is 4.49. The summed E-state index contributed by atoms with van der Waals surface area (Å²) in [7, 11) is 1.56. The average Bonchev–Trinajstić information content (AvgIpc) is 3.35. The summed E-state index contributed by atoms with van der Waals surface area (Å²) < 4.78 is 12.0. The van der Waals surface area contributed by atoms with E-state index in [0.29, 0.717) is 27.4 Å². The van der Waals surface area contributed by atoms with Gasteiger partial charge < -0.3 is 9.15 Å². The van der Waals surface area contributed by atoms with Crippen LogP contribution in [0.1, 0.15) is 27.7 Å². The van der Waals surface area contributed by atoms with Gasteiger partial charge in [-0.2, -0.15) is 0 Å². The van der Waals surface area contributed by atoms with Gasteiger partial charge in [0.25, 0.3) is 5.91 Å². The van der Waals surface area contributed by atoms with E-state index in [2.05, 4.69) is 26.1 Å². The molecule has 0 aliphatic carbocycles. The van der Waals surface area contributed by atoms with E-state index in [0.717, 1.165) is 4.47 Å². The second kappa shape index (κ2) is 6.78. The molecular formula is C20H12BrN3O4S. The Kier molecular flexibility index (Phi) is 4.21. The first-order valence-electron chi connectivity index (χ1n) is 8.58. The molecule has 2 aromatic carbocycles. The monoisotopic (exact) mass is 469 g/mol. The number of fused-ring (bicyclic) bond motifs is 2. The first-order chi connectivity index (χ1) is 14.1. The maximum absolute atomic E-state index is 13.4. The van der Waals surface area contributed by atoms with Gasteiger partial charge in [0.05, 0.1) is 24.1 Å². The van der Waals surface area contributed by atoms with E-state index in [1.807, 2.05) is 12.1 Å². The normalized spacial score (nSPS) is 15.7. The molecule has 0 fully saturated rings. The molecule has 0 saturated carbocycles. The topological polar surface area (TPSA) is 85.5 Å². The van der Waals surface area contributed by atoms with Gasteiger partial charge in [-0.25, -0.2) is 0 Å². The number of methoxy groups -OCH3 is 1. The molecule has 2 aromatic heterocycles. The van der Waals surface area contributed by atoms with Crippen molar-refractivity contribution in [3.8, 4) is 5.75 Å². The molecule has 0 spiro atoms. The second-order valence-electron chi connectivity index (χ2n) is 6.39. The summed E-state index contributed by atoms with van der Waals surface area (Å²) in [6, 6.07) is 11.7. The van der Waals surface area contributed by atoms with Crippen LogP contribution in [0.4, 0.5) is 5.13 Å². The fraction of sp³-hybridized carbons (Fsp3) is 0.100. The number of carbonyl (C=O) groups excluding carboxylic acids is 1. The highest BCUT2D eigenvalue weighted by Gasteiger charge is 2.45. The molecule has 4 aromatic rings. The van der Waals surface area contributed by atoms with Crippen LogP contribution in [-0.4, -0.2) is 23.2 Å². The molecule has 1 amide bonds. The van der Waals surface area contributed by atoms with Crippen molar-refractivity contribution in [1.29, 1.82) is 0 Å². The summed E-state index contributed by atoms with van der Waals surface area (Å²) in [6.45, 7) is 0. The van der Waals surface area contributed by atoms with Crippen LogP contribution in [0, 0.1) is 0 Å². The first kappa shape index (κ1) is 18.0. The molecule has 9 heteroatoms. The number of hydrogen-bond donors (Lipinski definition) is 0. The zero-order valence-corrected chi connectivity index (χ0v) is 17.4. The van der Waals surface area contributed by atoms with E-state index in [4.69, 9.17) is 9.15 Å². The van der Waals surface area contributed by atoms with Crippen LogP contribution in [0.25, 0.3) is 11.0 Å². The number of halogens is 1. The smallest absolute Gasteiger partial charge is 0.297 e. The van der Waals surface area contributed by atoms with E-state index in [-0.39, 0.29) is 16.8 Å². The van der Waals surface area contributed by atoms with Crippen molar-refractivity contribution in [3.05, 3.63) is 79.6 Å². The number of benzene rings is 2. The molecule has 0 saturated heterocycles. The van der Waals surface area contributed by atoms with E-state index in [1.54, 1.807) is 37.4 Å². The predicted molar refractivity (Wildman–Crippen MR) is 112 cm³/mol. The summed E-state index contributed by atoms with van der Waals surface area (Å²) in [5, 5.41) is 8.69. The number of nitrogens with zero attached hydrogens (tertiary/aromatic N) is 3. The number of amides is 1. The number of hydrogen-bond acceptors (Lipinski definition) is 7. The van der Waals surface area contributed by atoms with Crippen LogP contribution >= 0.6 is 27.3 Å². The van der Waals surface area contributed by atoms with Crippen LogP contribution < -0.4 is 15.1 Å². The molecule has 0 radical (unpaired) electrons. The van der Waals surface area contributed by atoms with E-state index in [1.165, 1.54) is 21.7 Å². The number of rotatable bonds is 3. The molecule has 1 aliphatic rings. The van der Waals surface area contributed by atoms with Crippen molar-refractivity contribution in [2.24, 2.45) is 0 Å². The average molecular weight is 470 g/mol. The molecular weight excluding hydrogens is 458 g/mol. The fourth-order valence-electron chi connectivity index (χ4n) is 3.54. The Balaban J connectivity index is 1.83. The van der Waals surface area contributed by atoms with Crippen LogP contribution in [0.3, 0.4) is 0 Å². The highest BCUT2D eigenvalue weighted by Crippen LogP contribution is 2.42. The second-order valence-corrected chi connectivity index (χ2v) is 8.12. The van der Waals surface area contributed by atoms with E-state index in [9.17, 15) is 9.59 Å². The lowest BCUT2D eigenvalue weighted by atomic mass is 9.98. The Labute approximate surface area is 176 Å². The van der Waals surface area contributed by atoms with Crippen molar-refractivity contribution in [1.82, 2.24) is 10.2 Å². The number of carbonyl (C=O) groups is 1. The number of ether oxygens (including phenoxy) is 1. The van der Waals surface area contributed by atoms with Crippen LogP contribution in [0.5, 0.6) is 5.75 Å². The molecule has 7 nitrogen and oxygen atoms in total.